The number of halogens is 1. The van der Waals surface area contributed by atoms with E-state index in [0.29, 0.717) is 18.9 Å². The summed E-state index contributed by atoms with van der Waals surface area (Å²) in [5.74, 6) is 0.931. The zero-order valence-corrected chi connectivity index (χ0v) is 17.4. The Labute approximate surface area is 177 Å². The maximum absolute atomic E-state index is 10.1. The van der Waals surface area contributed by atoms with Gasteiger partial charge in [-0.2, -0.15) is 0 Å². The highest BCUT2D eigenvalue weighted by Crippen LogP contribution is 2.34. The molecule has 2 fully saturated rings. The van der Waals surface area contributed by atoms with Crippen LogP contribution in [0.15, 0.2) is 42.5 Å². The first-order valence-corrected chi connectivity index (χ1v) is 11.0. The zero-order valence-electron chi connectivity index (χ0n) is 16.6. The third-order valence-corrected chi connectivity index (χ3v) is 6.31. The first-order valence-electron chi connectivity index (χ1n) is 10.6. The van der Waals surface area contributed by atoms with Crippen molar-refractivity contribution in [2.24, 2.45) is 0 Å². The Balaban J connectivity index is 1.45. The van der Waals surface area contributed by atoms with Crippen molar-refractivity contribution in [3.63, 3.8) is 0 Å². The summed E-state index contributed by atoms with van der Waals surface area (Å²) in [5.41, 5.74) is 3.18. The Bertz CT molecular complexity index is 801. The highest BCUT2D eigenvalue weighted by Gasteiger charge is 2.29. The molecule has 2 aromatic carbocycles. The largest absolute Gasteiger partial charge is 0.490 e. The smallest absolute Gasteiger partial charge is 0.119 e. The van der Waals surface area contributed by atoms with Gasteiger partial charge >= 0.3 is 0 Å². The maximum Gasteiger partial charge on any atom is 0.119 e. The van der Waals surface area contributed by atoms with Crippen molar-refractivity contribution < 1.29 is 19.7 Å². The third kappa shape index (κ3) is 5.32. The molecule has 0 amide bonds. The van der Waals surface area contributed by atoms with Gasteiger partial charge in [-0.3, -0.25) is 0 Å². The summed E-state index contributed by atoms with van der Waals surface area (Å²) in [7, 11) is 0. The van der Waals surface area contributed by atoms with Crippen molar-refractivity contribution in [1.29, 1.82) is 0 Å². The van der Waals surface area contributed by atoms with Gasteiger partial charge in [-0.25, -0.2) is 0 Å². The summed E-state index contributed by atoms with van der Waals surface area (Å²) in [4.78, 5) is 0. The van der Waals surface area contributed by atoms with Gasteiger partial charge < -0.3 is 19.7 Å². The molecule has 1 aliphatic heterocycles. The molecule has 2 aromatic rings. The Morgan fingerprint density at radius 3 is 2.52 bits per heavy atom. The average molecular weight is 417 g/mol. The van der Waals surface area contributed by atoms with Crippen LogP contribution < -0.4 is 4.74 Å². The van der Waals surface area contributed by atoms with E-state index < -0.39 is 6.10 Å². The summed E-state index contributed by atoms with van der Waals surface area (Å²) in [5, 5.41) is 20.2. The minimum atomic E-state index is -0.461. The molecular weight excluding hydrogens is 388 g/mol. The van der Waals surface area contributed by atoms with Crippen LogP contribution in [0.5, 0.6) is 5.75 Å². The average Bonchev–Trinajstić information content (AvgIpc) is 3.23. The second-order valence-corrected chi connectivity index (χ2v) is 8.66. The topological polar surface area (TPSA) is 58.9 Å². The highest BCUT2D eigenvalue weighted by atomic mass is 35.5. The monoisotopic (exact) mass is 416 g/mol. The van der Waals surface area contributed by atoms with Crippen molar-refractivity contribution >= 4 is 11.6 Å². The molecule has 2 aliphatic rings. The van der Waals surface area contributed by atoms with E-state index in [9.17, 15) is 10.2 Å². The second kappa shape index (κ2) is 9.48. The molecule has 29 heavy (non-hydrogen) atoms. The Hall–Kier alpha value is -1.59. The van der Waals surface area contributed by atoms with Gasteiger partial charge in [-0.15, -0.1) is 0 Å². The first kappa shape index (κ1) is 20.7. The molecule has 1 aliphatic carbocycles. The fourth-order valence-electron chi connectivity index (χ4n) is 4.36. The fourth-order valence-corrected chi connectivity index (χ4v) is 4.54. The molecule has 0 aromatic heterocycles. The lowest BCUT2D eigenvalue weighted by Gasteiger charge is -2.32. The summed E-state index contributed by atoms with van der Waals surface area (Å²) in [6, 6.07) is 14.2. The molecule has 4 rings (SSSR count). The van der Waals surface area contributed by atoms with E-state index >= 15 is 0 Å². The molecule has 1 saturated carbocycles. The van der Waals surface area contributed by atoms with Crippen LogP contribution in [-0.2, 0) is 11.2 Å². The number of hydrogen-bond acceptors (Lipinski definition) is 4. The SMILES string of the molecule is OCC1CC(O)C[C@H](c2ccc(Cl)c(Cc3ccc(OC4CCCC4)cc3)c2)O1. The predicted molar refractivity (Wildman–Crippen MR) is 114 cm³/mol. The van der Waals surface area contributed by atoms with Crippen LogP contribution in [0.2, 0.25) is 5.02 Å². The second-order valence-electron chi connectivity index (χ2n) is 8.25. The van der Waals surface area contributed by atoms with Crippen LogP contribution in [0.25, 0.3) is 0 Å². The van der Waals surface area contributed by atoms with Crippen LogP contribution in [0.3, 0.4) is 0 Å². The third-order valence-electron chi connectivity index (χ3n) is 5.95. The Morgan fingerprint density at radius 2 is 1.79 bits per heavy atom. The van der Waals surface area contributed by atoms with Crippen molar-refractivity contribution in [3.8, 4) is 5.75 Å². The molecule has 0 bridgehead atoms. The van der Waals surface area contributed by atoms with E-state index in [1.807, 2.05) is 24.3 Å². The lowest BCUT2D eigenvalue weighted by atomic mass is 9.94. The lowest BCUT2D eigenvalue weighted by Crippen LogP contribution is -2.33. The van der Waals surface area contributed by atoms with Crippen LogP contribution >= 0.6 is 11.6 Å². The molecule has 0 spiro atoms. The van der Waals surface area contributed by atoms with Gasteiger partial charge in [-0.05, 0) is 67.0 Å². The number of ether oxygens (including phenoxy) is 2. The van der Waals surface area contributed by atoms with Crippen LogP contribution in [-0.4, -0.2) is 35.1 Å². The summed E-state index contributed by atoms with van der Waals surface area (Å²) >= 11 is 6.46. The Morgan fingerprint density at radius 1 is 1.03 bits per heavy atom. The molecule has 4 nitrogen and oxygen atoms in total. The van der Waals surface area contributed by atoms with Gasteiger partial charge in [0, 0.05) is 17.9 Å². The zero-order chi connectivity index (χ0) is 20.2. The summed E-state index contributed by atoms with van der Waals surface area (Å²) < 4.78 is 12.0. The maximum atomic E-state index is 10.1. The molecule has 0 radical (unpaired) electrons. The first-order chi connectivity index (χ1) is 14.1. The van der Waals surface area contributed by atoms with E-state index in [1.165, 1.54) is 18.4 Å². The molecule has 5 heteroatoms. The molecule has 1 heterocycles. The standard InChI is InChI=1S/C24H29ClO4/c25-23-10-7-17(24-14-19(27)13-22(15-26)29-24)12-18(23)11-16-5-8-21(9-6-16)28-20-3-1-2-4-20/h5-10,12,19-20,22,24,26-27H,1-4,11,13-15H2/t19?,22?,24-/m1/s1. The minimum absolute atomic E-state index is 0.0801. The molecule has 2 N–H and O–H groups in total. The lowest BCUT2D eigenvalue weighted by molar-refractivity contribution is -0.113. The minimum Gasteiger partial charge on any atom is -0.490 e. The van der Waals surface area contributed by atoms with E-state index in [4.69, 9.17) is 21.1 Å². The van der Waals surface area contributed by atoms with E-state index in [1.54, 1.807) is 0 Å². The number of rotatable bonds is 6. The predicted octanol–water partition coefficient (Wildman–Crippen LogP) is 4.83. The van der Waals surface area contributed by atoms with Crippen LogP contribution in [0, 0.1) is 0 Å². The molecule has 156 valence electrons. The summed E-state index contributed by atoms with van der Waals surface area (Å²) in [6.45, 7) is -0.0801. The quantitative estimate of drug-likeness (QED) is 0.708. The highest BCUT2D eigenvalue weighted by molar-refractivity contribution is 6.31. The number of aliphatic hydroxyl groups is 2. The Kier molecular flexibility index (Phi) is 6.76. The van der Waals surface area contributed by atoms with Crippen LogP contribution in [0.4, 0.5) is 0 Å². The van der Waals surface area contributed by atoms with Crippen molar-refractivity contribution in [3.05, 3.63) is 64.2 Å². The van der Waals surface area contributed by atoms with E-state index in [2.05, 4.69) is 18.2 Å². The van der Waals surface area contributed by atoms with E-state index in [0.717, 1.165) is 41.2 Å². The van der Waals surface area contributed by atoms with Crippen molar-refractivity contribution in [1.82, 2.24) is 0 Å². The normalized spacial score (nSPS) is 25.3. The van der Waals surface area contributed by atoms with Crippen molar-refractivity contribution in [2.75, 3.05) is 6.61 Å². The van der Waals surface area contributed by atoms with Gasteiger partial charge in [-0.1, -0.05) is 35.9 Å². The molecule has 1 saturated heterocycles. The van der Waals surface area contributed by atoms with Gasteiger partial charge in [0.1, 0.15) is 5.75 Å². The van der Waals surface area contributed by atoms with Gasteiger partial charge in [0.15, 0.2) is 0 Å². The number of aliphatic hydroxyl groups excluding tert-OH is 2. The van der Waals surface area contributed by atoms with Gasteiger partial charge in [0.25, 0.3) is 0 Å². The number of hydrogen-bond donors (Lipinski definition) is 2. The van der Waals surface area contributed by atoms with Gasteiger partial charge in [0.05, 0.1) is 31.0 Å². The van der Waals surface area contributed by atoms with Gasteiger partial charge in [0.2, 0.25) is 0 Å². The fraction of sp³-hybridized carbons (Fsp3) is 0.500. The molecular formula is C24H29ClO4. The van der Waals surface area contributed by atoms with E-state index in [-0.39, 0.29) is 18.8 Å². The number of benzene rings is 2. The molecule has 2 unspecified atom stereocenters. The summed E-state index contributed by atoms with van der Waals surface area (Å²) in [6.07, 6.45) is 5.90. The molecule has 3 atom stereocenters. The van der Waals surface area contributed by atoms with Crippen molar-refractivity contribution in [2.45, 2.75) is 69.4 Å². The van der Waals surface area contributed by atoms with Crippen LogP contribution in [0.1, 0.15) is 61.3 Å².